The number of aliphatic hydroxyl groups excluding tert-OH is 1. The fraction of sp³-hybridized carbons (Fsp3) is 0.250. The van der Waals surface area contributed by atoms with E-state index in [-0.39, 0.29) is 12.5 Å². The van der Waals surface area contributed by atoms with Crippen molar-refractivity contribution in [3.63, 3.8) is 0 Å². The summed E-state index contributed by atoms with van der Waals surface area (Å²) in [6, 6.07) is 11.7. The second-order valence-electron chi connectivity index (χ2n) is 5.31. The minimum Gasteiger partial charge on any atom is -0.461 e. The second kappa shape index (κ2) is 5.31. The van der Waals surface area contributed by atoms with Crippen molar-refractivity contribution in [3.05, 3.63) is 54.1 Å². The first kappa shape index (κ1) is 13.1. The zero-order valence-corrected chi connectivity index (χ0v) is 11.8. The van der Waals surface area contributed by atoms with Crippen LogP contribution in [-0.4, -0.2) is 28.4 Å². The third kappa shape index (κ3) is 2.17. The topological polar surface area (TPSA) is 75.5 Å². The lowest BCUT2D eigenvalue weighted by Gasteiger charge is -2.16. The quantitative estimate of drug-likeness (QED) is 0.797. The lowest BCUT2D eigenvalue weighted by Crippen LogP contribution is -2.22. The van der Waals surface area contributed by atoms with E-state index in [9.17, 15) is 5.11 Å². The van der Waals surface area contributed by atoms with E-state index in [1.807, 2.05) is 12.1 Å². The molecule has 3 heterocycles. The molecule has 0 bridgehead atoms. The van der Waals surface area contributed by atoms with E-state index in [0.29, 0.717) is 24.0 Å². The van der Waals surface area contributed by atoms with Gasteiger partial charge in [-0.05, 0) is 23.8 Å². The van der Waals surface area contributed by atoms with Gasteiger partial charge in [-0.1, -0.05) is 23.4 Å². The van der Waals surface area contributed by atoms with Crippen LogP contribution in [0.15, 0.2) is 51.6 Å². The van der Waals surface area contributed by atoms with Gasteiger partial charge in [0.2, 0.25) is 11.7 Å². The molecule has 6 nitrogen and oxygen atoms in total. The van der Waals surface area contributed by atoms with Gasteiger partial charge >= 0.3 is 0 Å². The molecule has 0 fully saturated rings. The highest BCUT2D eigenvalue weighted by Gasteiger charge is 2.28. The first-order chi connectivity index (χ1) is 10.8. The molecule has 6 heteroatoms. The molecule has 4 rings (SSSR count). The lowest BCUT2D eigenvalue weighted by molar-refractivity contribution is 0.270. The molecule has 0 amide bonds. The summed E-state index contributed by atoms with van der Waals surface area (Å²) in [5.41, 5.74) is 2.27. The monoisotopic (exact) mass is 297 g/mol. The number of para-hydroxylation sites is 1. The van der Waals surface area contributed by atoms with E-state index in [1.54, 1.807) is 18.4 Å². The molecule has 1 N–H and O–H groups in total. The van der Waals surface area contributed by atoms with E-state index in [1.165, 1.54) is 0 Å². The smallest absolute Gasteiger partial charge is 0.246 e. The number of benzene rings is 1. The van der Waals surface area contributed by atoms with Crippen molar-refractivity contribution in [3.8, 4) is 11.6 Å². The van der Waals surface area contributed by atoms with Crippen LogP contribution >= 0.6 is 0 Å². The summed E-state index contributed by atoms with van der Waals surface area (Å²) in [7, 11) is 0. The maximum Gasteiger partial charge on any atom is 0.246 e. The Kier molecular flexibility index (Phi) is 3.16. The molecule has 112 valence electrons. The number of hydrogen-bond donors (Lipinski definition) is 1. The van der Waals surface area contributed by atoms with Gasteiger partial charge in [0.25, 0.3) is 0 Å². The van der Waals surface area contributed by atoms with E-state index < -0.39 is 0 Å². The third-order valence-corrected chi connectivity index (χ3v) is 3.91. The van der Waals surface area contributed by atoms with Gasteiger partial charge in [-0.2, -0.15) is 4.98 Å². The van der Waals surface area contributed by atoms with Crippen LogP contribution in [0.4, 0.5) is 5.69 Å². The summed E-state index contributed by atoms with van der Waals surface area (Å²) >= 11 is 0. The number of anilines is 1. The number of nitrogens with zero attached hydrogens (tertiary/aromatic N) is 3. The third-order valence-electron chi connectivity index (χ3n) is 3.91. The summed E-state index contributed by atoms with van der Waals surface area (Å²) in [6.45, 7) is 1.39. The Bertz CT molecular complexity index is 767. The summed E-state index contributed by atoms with van der Waals surface area (Å²) in [4.78, 5) is 6.51. The molecule has 22 heavy (non-hydrogen) atoms. The molecule has 0 aliphatic carbocycles. The minimum atomic E-state index is 0.128. The molecule has 0 saturated carbocycles. The molecule has 0 spiro atoms. The minimum absolute atomic E-state index is 0.128. The SMILES string of the molecule is OCC1CN(Cc2nc(-c3ccco3)no2)c2ccccc21. The zero-order chi connectivity index (χ0) is 14.9. The van der Waals surface area contributed by atoms with Gasteiger partial charge in [0, 0.05) is 18.2 Å². The van der Waals surface area contributed by atoms with Crippen LogP contribution in [0.25, 0.3) is 11.6 Å². The molecule has 2 aromatic heterocycles. The Morgan fingerprint density at radius 2 is 2.14 bits per heavy atom. The molecule has 1 aliphatic rings. The second-order valence-corrected chi connectivity index (χ2v) is 5.31. The van der Waals surface area contributed by atoms with Gasteiger partial charge in [-0.3, -0.25) is 0 Å². The number of fused-ring (bicyclic) bond motifs is 1. The van der Waals surface area contributed by atoms with Crippen molar-refractivity contribution in [1.82, 2.24) is 10.1 Å². The average Bonchev–Trinajstić information content (AvgIpc) is 3.27. The zero-order valence-electron chi connectivity index (χ0n) is 11.8. The van der Waals surface area contributed by atoms with Crippen molar-refractivity contribution in [1.29, 1.82) is 0 Å². The molecule has 1 atom stereocenters. The van der Waals surface area contributed by atoms with Gasteiger partial charge in [-0.25, -0.2) is 0 Å². The Morgan fingerprint density at radius 1 is 1.23 bits per heavy atom. The Labute approximate surface area is 127 Å². The highest BCUT2D eigenvalue weighted by Crippen LogP contribution is 2.36. The van der Waals surface area contributed by atoms with Crippen molar-refractivity contribution in [2.75, 3.05) is 18.1 Å². The van der Waals surface area contributed by atoms with Crippen LogP contribution < -0.4 is 4.90 Å². The first-order valence-corrected chi connectivity index (χ1v) is 7.16. The molecule has 0 saturated heterocycles. The van der Waals surface area contributed by atoms with Crippen LogP contribution in [0.1, 0.15) is 17.4 Å². The van der Waals surface area contributed by atoms with E-state index >= 15 is 0 Å². The molecule has 1 aliphatic heterocycles. The van der Waals surface area contributed by atoms with Gasteiger partial charge in [0.1, 0.15) is 0 Å². The molecular weight excluding hydrogens is 282 g/mol. The van der Waals surface area contributed by atoms with Gasteiger partial charge in [-0.15, -0.1) is 0 Å². The van der Waals surface area contributed by atoms with Crippen LogP contribution in [0.2, 0.25) is 0 Å². The van der Waals surface area contributed by atoms with Gasteiger partial charge < -0.3 is 18.9 Å². The normalized spacial score (nSPS) is 17.0. The van der Waals surface area contributed by atoms with Crippen molar-refractivity contribution >= 4 is 5.69 Å². The van der Waals surface area contributed by atoms with Crippen LogP contribution in [-0.2, 0) is 6.54 Å². The summed E-state index contributed by atoms with van der Waals surface area (Å²) in [5, 5.41) is 13.5. The van der Waals surface area contributed by atoms with E-state index in [0.717, 1.165) is 17.8 Å². The number of furan rings is 1. The predicted molar refractivity (Wildman–Crippen MR) is 79.3 cm³/mol. The number of aromatic nitrogens is 2. The van der Waals surface area contributed by atoms with Gasteiger partial charge in [0.05, 0.1) is 19.4 Å². The molecule has 1 unspecified atom stereocenters. The van der Waals surface area contributed by atoms with Crippen molar-refractivity contribution < 1.29 is 14.0 Å². The predicted octanol–water partition coefficient (Wildman–Crippen LogP) is 2.43. The number of rotatable bonds is 4. The van der Waals surface area contributed by atoms with E-state index in [4.69, 9.17) is 8.94 Å². The highest BCUT2D eigenvalue weighted by atomic mass is 16.5. The first-order valence-electron chi connectivity index (χ1n) is 7.16. The maximum atomic E-state index is 9.54. The Morgan fingerprint density at radius 3 is 2.95 bits per heavy atom. The number of aliphatic hydroxyl groups is 1. The van der Waals surface area contributed by atoms with Crippen LogP contribution in [0, 0.1) is 0 Å². The summed E-state index contributed by atoms with van der Waals surface area (Å²) in [5.74, 6) is 1.69. The van der Waals surface area contributed by atoms with Crippen molar-refractivity contribution in [2.45, 2.75) is 12.5 Å². The lowest BCUT2D eigenvalue weighted by atomic mass is 10.0. The van der Waals surface area contributed by atoms with E-state index in [2.05, 4.69) is 27.2 Å². The molecular formula is C16H15N3O3. The number of hydrogen-bond acceptors (Lipinski definition) is 6. The maximum absolute atomic E-state index is 9.54. The largest absolute Gasteiger partial charge is 0.461 e. The van der Waals surface area contributed by atoms with Crippen molar-refractivity contribution in [2.24, 2.45) is 0 Å². The fourth-order valence-electron chi connectivity index (χ4n) is 2.88. The highest BCUT2D eigenvalue weighted by molar-refractivity contribution is 5.60. The van der Waals surface area contributed by atoms with Crippen LogP contribution in [0.3, 0.4) is 0 Å². The summed E-state index contributed by atoms with van der Waals surface area (Å²) < 4.78 is 10.6. The standard InChI is InChI=1S/C16H15N3O3/c20-10-11-8-19(13-5-2-1-4-12(11)13)9-15-17-16(18-22-15)14-6-3-7-21-14/h1-7,11,20H,8-10H2. The van der Waals surface area contributed by atoms with Gasteiger partial charge in [0.15, 0.2) is 5.76 Å². The Balaban J connectivity index is 1.57. The molecule has 1 aromatic carbocycles. The molecule has 0 radical (unpaired) electrons. The summed E-state index contributed by atoms with van der Waals surface area (Å²) in [6.07, 6.45) is 1.58. The Hall–Kier alpha value is -2.60. The fourth-order valence-corrected chi connectivity index (χ4v) is 2.88. The average molecular weight is 297 g/mol. The molecule has 3 aromatic rings. The van der Waals surface area contributed by atoms with Crippen LogP contribution in [0.5, 0.6) is 0 Å².